The number of rotatable bonds is 1. The molecular formula is C14H19NO2. The first-order chi connectivity index (χ1) is 8.33. The lowest BCUT2D eigenvalue weighted by Gasteiger charge is -2.43. The van der Waals surface area contributed by atoms with E-state index < -0.39 is 0 Å². The van der Waals surface area contributed by atoms with Gasteiger partial charge in [-0.1, -0.05) is 30.3 Å². The van der Waals surface area contributed by atoms with Crippen LogP contribution in [-0.2, 0) is 4.74 Å². The fourth-order valence-electron chi connectivity index (χ4n) is 2.89. The van der Waals surface area contributed by atoms with E-state index in [1.54, 1.807) is 0 Å². The second kappa shape index (κ2) is 4.77. The van der Waals surface area contributed by atoms with Crippen molar-refractivity contribution in [3.05, 3.63) is 35.9 Å². The molecule has 0 unspecified atom stereocenters. The van der Waals surface area contributed by atoms with E-state index in [4.69, 9.17) is 4.74 Å². The van der Waals surface area contributed by atoms with Crippen LogP contribution in [0.2, 0.25) is 0 Å². The molecule has 3 heteroatoms. The van der Waals surface area contributed by atoms with Crippen LogP contribution < -0.4 is 0 Å². The van der Waals surface area contributed by atoms with Crippen LogP contribution in [0.3, 0.4) is 0 Å². The molecule has 17 heavy (non-hydrogen) atoms. The van der Waals surface area contributed by atoms with Crippen LogP contribution >= 0.6 is 0 Å². The van der Waals surface area contributed by atoms with E-state index >= 15 is 0 Å². The van der Waals surface area contributed by atoms with Crippen LogP contribution in [0.5, 0.6) is 0 Å². The SMILES string of the molecule is O[C@H]1CCN2CO[C@@H](c3ccccc3)C[C@H]2C1. The van der Waals surface area contributed by atoms with Gasteiger partial charge in [0.1, 0.15) is 6.73 Å². The fraction of sp³-hybridized carbons (Fsp3) is 0.571. The van der Waals surface area contributed by atoms with Crippen LogP contribution in [0.1, 0.15) is 30.9 Å². The molecule has 0 radical (unpaired) electrons. The molecule has 0 bridgehead atoms. The molecule has 0 aliphatic carbocycles. The summed E-state index contributed by atoms with van der Waals surface area (Å²) in [7, 11) is 0. The van der Waals surface area contributed by atoms with Gasteiger partial charge in [0.2, 0.25) is 0 Å². The van der Waals surface area contributed by atoms with Crippen molar-refractivity contribution in [2.24, 2.45) is 0 Å². The van der Waals surface area contributed by atoms with Gasteiger partial charge in [-0.3, -0.25) is 4.90 Å². The molecule has 0 saturated carbocycles. The topological polar surface area (TPSA) is 32.7 Å². The Morgan fingerprint density at radius 2 is 2.00 bits per heavy atom. The van der Waals surface area contributed by atoms with Crippen molar-refractivity contribution in [3.8, 4) is 0 Å². The number of nitrogens with zero attached hydrogens (tertiary/aromatic N) is 1. The Morgan fingerprint density at radius 1 is 1.18 bits per heavy atom. The number of aliphatic hydroxyl groups is 1. The Hall–Kier alpha value is -0.900. The summed E-state index contributed by atoms with van der Waals surface area (Å²) in [5, 5.41) is 9.74. The lowest BCUT2D eigenvalue weighted by Crippen LogP contribution is -2.49. The van der Waals surface area contributed by atoms with E-state index in [9.17, 15) is 5.11 Å². The smallest absolute Gasteiger partial charge is 0.100 e. The molecule has 2 fully saturated rings. The molecule has 1 N–H and O–H groups in total. The Balaban J connectivity index is 1.70. The lowest BCUT2D eigenvalue weighted by atomic mass is 9.91. The van der Waals surface area contributed by atoms with Crippen LogP contribution in [-0.4, -0.2) is 35.4 Å². The highest BCUT2D eigenvalue weighted by molar-refractivity contribution is 5.18. The molecule has 2 saturated heterocycles. The maximum atomic E-state index is 9.74. The van der Waals surface area contributed by atoms with Crippen molar-refractivity contribution in [2.45, 2.75) is 37.5 Å². The second-order valence-corrected chi connectivity index (χ2v) is 5.08. The minimum absolute atomic E-state index is 0.120. The first-order valence-electron chi connectivity index (χ1n) is 6.41. The molecular weight excluding hydrogens is 214 g/mol. The van der Waals surface area contributed by atoms with E-state index in [0.717, 1.165) is 25.8 Å². The highest BCUT2D eigenvalue weighted by Gasteiger charge is 2.34. The van der Waals surface area contributed by atoms with Gasteiger partial charge in [0.05, 0.1) is 12.2 Å². The third kappa shape index (κ3) is 2.37. The average Bonchev–Trinajstić information content (AvgIpc) is 2.39. The third-order valence-corrected chi connectivity index (χ3v) is 3.91. The minimum atomic E-state index is -0.120. The number of benzene rings is 1. The highest BCUT2D eigenvalue weighted by Crippen LogP contribution is 2.33. The van der Waals surface area contributed by atoms with Gasteiger partial charge in [0.15, 0.2) is 0 Å². The van der Waals surface area contributed by atoms with E-state index in [0.29, 0.717) is 12.8 Å². The molecule has 92 valence electrons. The molecule has 2 heterocycles. The highest BCUT2D eigenvalue weighted by atomic mass is 16.5. The summed E-state index contributed by atoms with van der Waals surface area (Å²) < 4.78 is 5.91. The van der Waals surface area contributed by atoms with Gasteiger partial charge in [-0.05, 0) is 24.8 Å². The second-order valence-electron chi connectivity index (χ2n) is 5.08. The zero-order chi connectivity index (χ0) is 11.7. The number of piperidine rings is 1. The molecule has 1 aromatic carbocycles. The van der Waals surface area contributed by atoms with Gasteiger partial charge in [-0.2, -0.15) is 0 Å². The Labute approximate surface area is 102 Å². The van der Waals surface area contributed by atoms with Gasteiger partial charge in [0.25, 0.3) is 0 Å². The summed E-state index contributed by atoms with van der Waals surface area (Å²) >= 11 is 0. The van der Waals surface area contributed by atoms with Crippen molar-refractivity contribution < 1.29 is 9.84 Å². The van der Waals surface area contributed by atoms with E-state index in [2.05, 4.69) is 29.2 Å². The standard InChI is InChI=1S/C14H19NO2/c16-13-6-7-15-10-17-14(9-12(15)8-13)11-4-2-1-3-5-11/h1-5,12-14,16H,6-10H2/t12-,13+,14-/m1/s1. The molecule has 2 aliphatic rings. The maximum absolute atomic E-state index is 9.74. The number of fused-ring (bicyclic) bond motifs is 1. The molecule has 3 rings (SSSR count). The van der Waals surface area contributed by atoms with Crippen LogP contribution in [0, 0.1) is 0 Å². The Morgan fingerprint density at radius 3 is 2.82 bits per heavy atom. The summed E-state index contributed by atoms with van der Waals surface area (Å²) in [5.41, 5.74) is 1.26. The van der Waals surface area contributed by atoms with Crippen LogP contribution in [0.15, 0.2) is 30.3 Å². The Kier molecular flexibility index (Phi) is 3.14. The van der Waals surface area contributed by atoms with Crippen molar-refractivity contribution in [1.29, 1.82) is 0 Å². The first kappa shape index (κ1) is 11.2. The van der Waals surface area contributed by atoms with Gasteiger partial charge in [-0.15, -0.1) is 0 Å². The number of aliphatic hydroxyl groups excluding tert-OH is 1. The van der Waals surface area contributed by atoms with E-state index in [-0.39, 0.29) is 12.2 Å². The molecule has 3 atom stereocenters. The van der Waals surface area contributed by atoms with Crippen LogP contribution in [0.25, 0.3) is 0 Å². The predicted molar refractivity (Wildman–Crippen MR) is 65.5 cm³/mol. The lowest BCUT2D eigenvalue weighted by molar-refractivity contribution is -0.123. The minimum Gasteiger partial charge on any atom is -0.393 e. The van der Waals surface area contributed by atoms with Gasteiger partial charge < -0.3 is 9.84 Å². The summed E-state index contributed by atoms with van der Waals surface area (Å²) in [6.45, 7) is 1.67. The fourth-order valence-corrected chi connectivity index (χ4v) is 2.89. The molecule has 0 amide bonds. The predicted octanol–water partition coefficient (Wildman–Crippen LogP) is 1.93. The quantitative estimate of drug-likeness (QED) is 0.804. The Bertz CT molecular complexity index is 368. The van der Waals surface area contributed by atoms with Crippen molar-refractivity contribution >= 4 is 0 Å². The van der Waals surface area contributed by atoms with Gasteiger partial charge >= 0.3 is 0 Å². The van der Waals surface area contributed by atoms with E-state index in [1.807, 2.05) is 6.07 Å². The van der Waals surface area contributed by atoms with Crippen molar-refractivity contribution in [1.82, 2.24) is 4.90 Å². The number of hydrogen-bond donors (Lipinski definition) is 1. The molecule has 0 aromatic heterocycles. The molecule has 0 spiro atoms. The number of ether oxygens (including phenoxy) is 1. The van der Waals surface area contributed by atoms with Crippen LogP contribution in [0.4, 0.5) is 0 Å². The largest absolute Gasteiger partial charge is 0.393 e. The normalized spacial score (nSPS) is 34.3. The van der Waals surface area contributed by atoms with Gasteiger partial charge in [0, 0.05) is 12.6 Å². The third-order valence-electron chi connectivity index (χ3n) is 3.91. The maximum Gasteiger partial charge on any atom is 0.100 e. The van der Waals surface area contributed by atoms with Crippen molar-refractivity contribution in [2.75, 3.05) is 13.3 Å². The monoisotopic (exact) mass is 233 g/mol. The van der Waals surface area contributed by atoms with E-state index in [1.165, 1.54) is 5.56 Å². The first-order valence-corrected chi connectivity index (χ1v) is 6.41. The summed E-state index contributed by atoms with van der Waals surface area (Å²) in [4.78, 5) is 2.35. The summed E-state index contributed by atoms with van der Waals surface area (Å²) in [6, 6.07) is 10.9. The zero-order valence-electron chi connectivity index (χ0n) is 9.96. The molecule has 2 aliphatic heterocycles. The number of hydrogen-bond acceptors (Lipinski definition) is 3. The average molecular weight is 233 g/mol. The summed E-state index contributed by atoms with van der Waals surface area (Å²) in [5.74, 6) is 0. The van der Waals surface area contributed by atoms with Crippen molar-refractivity contribution in [3.63, 3.8) is 0 Å². The molecule has 1 aromatic rings. The summed E-state index contributed by atoms with van der Waals surface area (Å²) in [6.07, 6.45) is 2.86. The zero-order valence-corrected chi connectivity index (χ0v) is 9.96. The van der Waals surface area contributed by atoms with Gasteiger partial charge in [-0.25, -0.2) is 0 Å². The molecule has 3 nitrogen and oxygen atoms in total.